The van der Waals surface area contributed by atoms with E-state index in [0.29, 0.717) is 5.02 Å². The summed E-state index contributed by atoms with van der Waals surface area (Å²) in [5, 5.41) is 3.71. The standard InChI is InChI=1S/C15H14ClF2NS/c1-9(19-2)12-5-4-11(8-13(12)16)20-15-7-10(17)3-6-14(15)18/h3-9,19H,1-2H3. The predicted molar refractivity (Wildman–Crippen MR) is 79.4 cm³/mol. The van der Waals surface area contributed by atoms with Gasteiger partial charge in [-0.3, -0.25) is 0 Å². The van der Waals surface area contributed by atoms with Crippen molar-refractivity contribution in [1.29, 1.82) is 0 Å². The lowest BCUT2D eigenvalue weighted by atomic mass is 10.1. The third-order valence-electron chi connectivity index (χ3n) is 2.99. The van der Waals surface area contributed by atoms with Gasteiger partial charge in [0.25, 0.3) is 0 Å². The maximum absolute atomic E-state index is 13.6. The third-order valence-corrected chi connectivity index (χ3v) is 4.34. The molecule has 2 rings (SSSR count). The van der Waals surface area contributed by atoms with Gasteiger partial charge in [0.15, 0.2) is 0 Å². The van der Waals surface area contributed by atoms with Crippen LogP contribution in [-0.4, -0.2) is 7.05 Å². The highest BCUT2D eigenvalue weighted by atomic mass is 35.5. The van der Waals surface area contributed by atoms with Gasteiger partial charge in [-0.1, -0.05) is 29.4 Å². The van der Waals surface area contributed by atoms with Crippen LogP contribution in [0.15, 0.2) is 46.2 Å². The van der Waals surface area contributed by atoms with E-state index in [1.54, 1.807) is 6.07 Å². The van der Waals surface area contributed by atoms with Crippen molar-refractivity contribution in [2.24, 2.45) is 0 Å². The molecular formula is C15H14ClF2NS. The summed E-state index contributed by atoms with van der Waals surface area (Å²) in [4.78, 5) is 1.02. The minimum absolute atomic E-state index is 0.132. The van der Waals surface area contributed by atoms with E-state index in [1.807, 2.05) is 26.1 Å². The van der Waals surface area contributed by atoms with Crippen LogP contribution >= 0.6 is 23.4 Å². The Morgan fingerprint density at radius 1 is 1.15 bits per heavy atom. The summed E-state index contributed by atoms with van der Waals surface area (Å²) in [7, 11) is 1.85. The maximum Gasteiger partial charge on any atom is 0.137 e. The predicted octanol–water partition coefficient (Wildman–Crippen LogP) is 5.05. The number of benzene rings is 2. The van der Waals surface area contributed by atoms with Crippen LogP contribution in [0.3, 0.4) is 0 Å². The van der Waals surface area contributed by atoms with Crippen molar-refractivity contribution < 1.29 is 8.78 Å². The molecule has 0 saturated carbocycles. The minimum Gasteiger partial charge on any atom is -0.313 e. The quantitative estimate of drug-likeness (QED) is 0.847. The fourth-order valence-electron chi connectivity index (χ4n) is 1.76. The molecule has 1 N–H and O–H groups in total. The molecule has 0 heterocycles. The van der Waals surface area contributed by atoms with Gasteiger partial charge in [0.1, 0.15) is 11.6 Å². The van der Waals surface area contributed by atoms with Gasteiger partial charge in [0, 0.05) is 16.0 Å². The molecule has 1 unspecified atom stereocenters. The smallest absolute Gasteiger partial charge is 0.137 e. The summed E-state index contributed by atoms with van der Waals surface area (Å²) in [5.41, 5.74) is 0.971. The lowest BCUT2D eigenvalue weighted by molar-refractivity contribution is 0.577. The van der Waals surface area contributed by atoms with Crippen molar-refractivity contribution in [2.45, 2.75) is 22.8 Å². The molecule has 5 heteroatoms. The van der Waals surface area contributed by atoms with E-state index in [0.717, 1.165) is 34.4 Å². The van der Waals surface area contributed by atoms with Crippen LogP contribution in [0.1, 0.15) is 18.5 Å². The normalized spacial score (nSPS) is 12.4. The number of rotatable bonds is 4. The molecule has 0 aromatic heterocycles. The Morgan fingerprint density at radius 3 is 2.55 bits per heavy atom. The zero-order valence-corrected chi connectivity index (χ0v) is 12.7. The van der Waals surface area contributed by atoms with E-state index >= 15 is 0 Å². The van der Waals surface area contributed by atoms with Crippen molar-refractivity contribution >= 4 is 23.4 Å². The fraction of sp³-hybridized carbons (Fsp3) is 0.200. The second kappa shape index (κ2) is 6.57. The van der Waals surface area contributed by atoms with Gasteiger partial charge in [-0.15, -0.1) is 0 Å². The molecule has 0 aliphatic heterocycles. The molecule has 0 amide bonds. The zero-order chi connectivity index (χ0) is 14.7. The molecule has 1 nitrogen and oxygen atoms in total. The van der Waals surface area contributed by atoms with Crippen molar-refractivity contribution in [3.63, 3.8) is 0 Å². The van der Waals surface area contributed by atoms with Crippen molar-refractivity contribution in [2.75, 3.05) is 7.05 Å². The fourth-order valence-corrected chi connectivity index (χ4v) is 3.07. The summed E-state index contributed by atoms with van der Waals surface area (Å²) in [5.74, 6) is -0.902. The minimum atomic E-state index is -0.458. The van der Waals surface area contributed by atoms with Gasteiger partial charge in [-0.2, -0.15) is 0 Å². The molecule has 0 radical (unpaired) electrons. The Bertz CT molecular complexity index is 619. The first kappa shape index (κ1) is 15.3. The van der Waals surface area contributed by atoms with Gasteiger partial charge in [0.05, 0.1) is 4.90 Å². The summed E-state index contributed by atoms with van der Waals surface area (Å²) < 4.78 is 26.7. The zero-order valence-electron chi connectivity index (χ0n) is 11.1. The van der Waals surface area contributed by atoms with E-state index < -0.39 is 11.6 Å². The molecule has 0 spiro atoms. The molecule has 2 aromatic carbocycles. The van der Waals surface area contributed by atoms with Crippen LogP contribution in [0.4, 0.5) is 8.78 Å². The van der Waals surface area contributed by atoms with E-state index in [2.05, 4.69) is 5.32 Å². The number of hydrogen-bond donors (Lipinski definition) is 1. The van der Waals surface area contributed by atoms with Crippen molar-refractivity contribution in [3.05, 3.63) is 58.6 Å². The van der Waals surface area contributed by atoms with Gasteiger partial charge in [0.2, 0.25) is 0 Å². The van der Waals surface area contributed by atoms with Crippen molar-refractivity contribution in [3.8, 4) is 0 Å². The van der Waals surface area contributed by atoms with E-state index in [-0.39, 0.29) is 10.9 Å². The van der Waals surface area contributed by atoms with Crippen molar-refractivity contribution in [1.82, 2.24) is 5.32 Å². The summed E-state index contributed by atoms with van der Waals surface area (Å²) in [6.07, 6.45) is 0. The van der Waals surface area contributed by atoms with E-state index in [4.69, 9.17) is 11.6 Å². The molecule has 106 valence electrons. The average Bonchev–Trinajstić information content (AvgIpc) is 2.42. The molecule has 0 saturated heterocycles. The van der Waals surface area contributed by atoms with Crippen LogP contribution < -0.4 is 5.32 Å². The Balaban J connectivity index is 2.26. The van der Waals surface area contributed by atoms with Crippen LogP contribution in [0, 0.1) is 11.6 Å². The average molecular weight is 314 g/mol. The monoisotopic (exact) mass is 313 g/mol. The molecule has 20 heavy (non-hydrogen) atoms. The molecule has 1 atom stereocenters. The van der Waals surface area contributed by atoms with Crippen LogP contribution in [0.2, 0.25) is 5.02 Å². The SMILES string of the molecule is CNC(C)c1ccc(Sc2cc(F)ccc2F)cc1Cl. The largest absolute Gasteiger partial charge is 0.313 e. The maximum atomic E-state index is 13.6. The highest BCUT2D eigenvalue weighted by Crippen LogP contribution is 2.34. The Labute approximate surface area is 126 Å². The van der Waals surface area contributed by atoms with Gasteiger partial charge in [-0.05, 0) is 49.9 Å². The van der Waals surface area contributed by atoms with Crippen LogP contribution in [0.5, 0.6) is 0 Å². The first-order valence-corrected chi connectivity index (χ1v) is 7.30. The summed E-state index contributed by atoms with van der Waals surface area (Å²) >= 11 is 7.37. The highest BCUT2D eigenvalue weighted by Gasteiger charge is 2.10. The molecular weight excluding hydrogens is 300 g/mol. The lowest BCUT2D eigenvalue weighted by Gasteiger charge is -2.13. The topological polar surface area (TPSA) is 12.0 Å². The summed E-state index contributed by atoms with van der Waals surface area (Å²) in [6, 6.07) is 9.04. The second-order valence-electron chi connectivity index (χ2n) is 4.37. The first-order valence-electron chi connectivity index (χ1n) is 6.11. The first-order chi connectivity index (χ1) is 9.51. The molecule has 0 aliphatic rings. The number of halogens is 3. The van der Waals surface area contributed by atoms with Gasteiger partial charge in [-0.25, -0.2) is 8.78 Å². The van der Waals surface area contributed by atoms with E-state index in [1.165, 1.54) is 6.07 Å². The molecule has 0 fully saturated rings. The molecule has 2 aromatic rings. The van der Waals surface area contributed by atoms with Gasteiger partial charge >= 0.3 is 0 Å². The molecule has 0 aliphatic carbocycles. The Hall–Kier alpha value is -1.10. The summed E-state index contributed by atoms with van der Waals surface area (Å²) in [6.45, 7) is 2.00. The Kier molecular flexibility index (Phi) is 5.02. The third kappa shape index (κ3) is 3.51. The van der Waals surface area contributed by atoms with Gasteiger partial charge < -0.3 is 5.32 Å². The molecule has 0 bridgehead atoms. The van der Waals surface area contributed by atoms with Crippen LogP contribution in [0.25, 0.3) is 0 Å². The Morgan fingerprint density at radius 2 is 1.90 bits per heavy atom. The van der Waals surface area contributed by atoms with Crippen LogP contribution in [-0.2, 0) is 0 Å². The highest BCUT2D eigenvalue weighted by molar-refractivity contribution is 7.99. The van der Waals surface area contributed by atoms with E-state index in [9.17, 15) is 8.78 Å². The lowest BCUT2D eigenvalue weighted by Crippen LogP contribution is -2.12. The number of hydrogen-bond acceptors (Lipinski definition) is 2. The second-order valence-corrected chi connectivity index (χ2v) is 5.89. The number of nitrogens with one attached hydrogen (secondary N) is 1.